The van der Waals surface area contributed by atoms with Crippen molar-refractivity contribution in [1.29, 1.82) is 0 Å². The van der Waals surface area contributed by atoms with E-state index in [1.807, 2.05) is 6.92 Å². The second-order valence-corrected chi connectivity index (χ2v) is 7.00. The topological polar surface area (TPSA) is 51.0 Å². The van der Waals surface area contributed by atoms with Crippen LogP contribution in [-0.4, -0.2) is 32.1 Å². The molecule has 0 radical (unpaired) electrons. The quantitative estimate of drug-likeness (QED) is 0.757. The molecule has 5 nitrogen and oxygen atoms in total. The van der Waals surface area contributed by atoms with E-state index in [1.54, 1.807) is 4.90 Å². The van der Waals surface area contributed by atoms with Gasteiger partial charge in [-0.1, -0.05) is 23.2 Å². The van der Waals surface area contributed by atoms with Crippen LogP contribution in [-0.2, 0) is 6.54 Å². The van der Waals surface area contributed by atoms with Gasteiger partial charge in [0.05, 0.1) is 21.7 Å². The van der Waals surface area contributed by atoms with Crippen molar-refractivity contribution in [3.63, 3.8) is 0 Å². The molecular formula is C16H15Cl2FN4O. The third kappa shape index (κ3) is 2.40. The van der Waals surface area contributed by atoms with Gasteiger partial charge in [0.2, 0.25) is 0 Å². The molecule has 126 valence electrons. The van der Waals surface area contributed by atoms with Gasteiger partial charge in [0.1, 0.15) is 11.6 Å². The second kappa shape index (κ2) is 5.70. The Kier molecular flexibility index (Phi) is 3.77. The summed E-state index contributed by atoms with van der Waals surface area (Å²) >= 11 is 11.9. The Morgan fingerprint density at radius 2 is 1.88 bits per heavy atom. The molecule has 0 spiro atoms. The average molecular weight is 369 g/mol. The van der Waals surface area contributed by atoms with Crippen LogP contribution >= 0.6 is 23.2 Å². The largest absolute Gasteiger partial charge is 0.327 e. The molecule has 1 unspecified atom stereocenters. The number of amides is 1. The number of halogens is 3. The Balaban J connectivity index is 1.65. The van der Waals surface area contributed by atoms with Crippen molar-refractivity contribution in [2.24, 2.45) is 0 Å². The smallest absolute Gasteiger partial charge is 0.256 e. The normalized spacial score (nSPS) is 20.2. The summed E-state index contributed by atoms with van der Waals surface area (Å²) in [5.74, 6) is 1.38. The van der Waals surface area contributed by atoms with Crippen molar-refractivity contribution in [2.75, 3.05) is 6.54 Å². The molecule has 24 heavy (non-hydrogen) atoms. The fourth-order valence-corrected chi connectivity index (χ4v) is 3.57. The van der Waals surface area contributed by atoms with Crippen LogP contribution in [0.1, 0.15) is 53.7 Å². The molecule has 8 heteroatoms. The Hall–Kier alpha value is -1.66. The highest BCUT2D eigenvalue weighted by atomic mass is 35.5. The lowest BCUT2D eigenvalue weighted by molar-refractivity contribution is 0.0636. The maximum absolute atomic E-state index is 13.5. The van der Waals surface area contributed by atoms with Gasteiger partial charge in [0, 0.05) is 19.0 Å². The molecule has 1 saturated carbocycles. The molecule has 4 rings (SSSR count). The molecule has 2 aromatic rings. The van der Waals surface area contributed by atoms with E-state index in [-0.39, 0.29) is 27.6 Å². The van der Waals surface area contributed by atoms with Gasteiger partial charge in [0.25, 0.3) is 5.91 Å². The molecular weight excluding hydrogens is 354 g/mol. The third-order valence-corrected chi connectivity index (χ3v) is 5.54. The lowest BCUT2D eigenvalue weighted by Crippen LogP contribution is -2.41. The van der Waals surface area contributed by atoms with Gasteiger partial charge in [0.15, 0.2) is 5.82 Å². The first kappa shape index (κ1) is 15.8. The maximum atomic E-state index is 13.5. The summed E-state index contributed by atoms with van der Waals surface area (Å²) in [7, 11) is 0. The molecule has 1 fully saturated rings. The van der Waals surface area contributed by atoms with Crippen LogP contribution in [0.25, 0.3) is 0 Å². The van der Waals surface area contributed by atoms with E-state index in [9.17, 15) is 9.18 Å². The molecule has 1 aliphatic heterocycles. The predicted octanol–water partition coefficient (Wildman–Crippen LogP) is 3.82. The van der Waals surface area contributed by atoms with E-state index >= 15 is 0 Å². The molecule has 0 N–H and O–H groups in total. The minimum absolute atomic E-state index is 0.0559. The van der Waals surface area contributed by atoms with Crippen molar-refractivity contribution >= 4 is 29.1 Å². The zero-order valence-electron chi connectivity index (χ0n) is 13.0. The molecule has 2 heterocycles. The fourth-order valence-electron chi connectivity index (χ4n) is 3.17. The summed E-state index contributed by atoms with van der Waals surface area (Å²) in [6.45, 7) is 3.08. The van der Waals surface area contributed by atoms with E-state index in [2.05, 4.69) is 14.8 Å². The number of benzene rings is 1. The van der Waals surface area contributed by atoms with Crippen molar-refractivity contribution in [1.82, 2.24) is 19.7 Å². The van der Waals surface area contributed by atoms with Crippen molar-refractivity contribution in [3.05, 3.63) is 45.2 Å². The van der Waals surface area contributed by atoms with E-state index in [0.717, 1.165) is 30.6 Å². The van der Waals surface area contributed by atoms with E-state index in [0.29, 0.717) is 19.0 Å². The molecule has 0 bridgehead atoms. The van der Waals surface area contributed by atoms with E-state index in [1.165, 1.54) is 6.07 Å². The first-order valence-corrected chi connectivity index (χ1v) is 8.62. The molecule has 1 aromatic heterocycles. The monoisotopic (exact) mass is 368 g/mol. The number of fused-ring (bicyclic) bond motifs is 1. The van der Waals surface area contributed by atoms with Crippen LogP contribution < -0.4 is 0 Å². The maximum Gasteiger partial charge on any atom is 0.256 e. The zero-order valence-corrected chi connectivity index (χ0v) is 14.5. The molecule has 0 saturated heterocycles. The number of carbonyl (C=O) groups is 1. The minimum Gasteiger partial charge on any atom is -0.327 e. The number of rotatable bonds is 2. The fraction of sp³-hybridized carbons (Fsp3) is 0.438. The summed E-state index contributed by atoms with van der Waals surface area (Å²) in [5.41, 5.74) is 0.199. The number of aromatic nitrogens is 3. The lowest BCUT2D eigenvalue weighted by Gasteiger charge is -2.34. The van der Waals surface area contributed by atoms with Crippen LogP contribution in [0.5, 0.6) is 0 Å². The predicted molar refractivity (Wildman–Crippen MR) is 87.9 cm³/mol. The Labute approximate surface area is 148 Å². The molecule has 1 atom stereocenters. The SMILES string of the molecule is CC1c2nnc(C3CC3)n2CCN1C(=O)c1ccc(F)c(Cl)c1Cl. The summed E-state index contributed by atoms with van der Waals surface area (Å²) in [5, 5.41) is 8.29. The first-order chi connectivity index (χ1) is 11.5. The average Bonchev–Trinajstić information content (AvgIpc) is 3.32. The highest BCUT2D eigenvalue weighted by Crippen LogP contribution is 2.41. The number of nitrogens with zero attached hydrogens (tertiary/aromatic N) is 4. The van der Waals surface area contributed by atoms with Crippen molar-refractivity contribution in [2.45, 2.75) is 38.3 Å². The summed E-state index contributed by atoms with van der Waals surface area (Å²) in [4.78, 5) is 14.5. The second-order valence-electron chi connectivity index (χ2n) is 6.24. The highest BCUT2D eigenvalue weighted by molar-refractivity contribution is 6.43. The summed E-state index contributed by atoms with van der Waals surface area (Å²) < 4.78 is 15.6. The van der Waals surface area contributed by atoms with Gasteiger partial charge in [-0.25, -0.2) is 4.39 Å². The van der Waals surface area contributed by atoms with Crippen LogP contribution in [0.4, 0.5) is 4.39 Å². The minimum atomic E-state index is -0.640. The van der Waals surface area contributed by atoms with Gasteiger partial charge in [-0.05, 0) is 31.9 Å². The molecule has 1 amide bonds. The molecule has 1 aromatic carbocycles. The number of hydrogen-bond acceptors (Lipinski definition) is 3. The Bertz CT molecular complexity index is 834. The van der Waals surface area contributed by atoms with Crippen LogP contribution in [0, 0.1) is 5.82 Å². The molecule has 1 aliphatic carbocycles. The van der Waals surface area contributed by atoms with Gasteiger partial charge in [-0.2, -0.15) is 0 Å². The van der Waals surface area contributed by atoms with Gasteiger partial charge in [-0.15, -0.1) is 10.2 Å². The Morgan fingerprint density at radius 1 is 1.17 bits per heavy atom. The summed E-state index contributed by atoms with van der Waals surface area (Å²) in [6.07, 6.45) is 2.30. The summed E-state index contributed by atoms with van der Waals surface area (Å²) in [6, 6.07) is 2.29. The van der Waals surface area contributed by atoms with Crippen LogP contribution in [0.15, 0.2) is 12.1 Å². The lowest BCUT2D eigenvalue weighted by atomic mass is 10.1. The van der Waals surface area contributed by atoms with Crippen molar-refractivity contribution in [3.8, 4) is 0 Å². The number of carbonyl (C=O) groups excluding carboxylic acids is 1. The third-order valence-electron chi connectivity index (χ3n) is 4.68. The van der Waals surface area contributed by atoms with Gasteiger partial charge < -0.3 is 9.47 Å². The zero-order chi connectivity index (χ0) is 17.0. The van der Waals surface area contributed by atoms with Gasteiger partial charge in [-0.3, -0.25) is 4.79 Å². The van der Waals surface area contributed by atoms with Crippen LogP contribution in [0.3, 0.4) is 0 Å². The van der Waals surface area contributed by atoms with Gasteiger partial charge >= 0.3 is 0 Å². The molecule has 2 aliphatic rings. The Morgan fingerprint density at radius 3 is 2.58 bits per heavy atom. The standard InChI is InChI=1S/C16H15Cl2FN4O/c1-8-14-20-21-15(9-2-3-9)23(14)7-6-22(8)16(24)10-4-5-11(19)13(18)12(10)17/h4-5,8-9H,2-3,6-7H2,1H3. The van der Waals surface area contributed by atoms with Crippen LogP contribution in [0.2, 0.25) is 10.0 Å². The van der Waals surface area contributed by atoms with Crippen molar-refractivity contribution < 1.29 is 9.18 Å². The van der Waals surface area contributed by atoms with E-state index in [4.69, 9.17) is 23.2 Å². The highest BCUT2D eigenvalue weighted by Gasteiger charge is 2.36. The van der Waals surface area contributed by atoms with E-state index < -0.39 is 5.82 Å². The number of hydrogen-bond donors (Lipinski definition) is 0. The first-order valence-electron chi connectivity index (χ1n) is 7.86.